The number of hydrogen-bond acceptors (Lipinski definition) is 7. The lowest BCUT2D eigenvalue weighted by atomic mass is 10.3. The molecule has 0 aliphatic heterocycles. The van der Waals surface area contributed by atoms with E-state index in [2.05, 4.69) is 0 Å². The van der Waals surface area contributed by atoms with E-state index in [1.807, 2.05) is 0 Å². The fraction of sp³-hybridized carbons (Fsp3) is 0.625. The van der Waals surface area contributed by atoms with Crippen molar-refractivity contribution < 1.29 is 41.6 Å². The number of carboxylic acid groups (broad SMARTS) is 2. The minimum atomic E-state index is -3.07. The topological polar surface area (TPSA) is 121 Å². The summed E-state index contributed by atoms with van der Waals surface area (Å²) < 4.78 is 28.5. The molecule has 156 valence electrons. The summed E-state index contributed by atoms with van der Waals surface area (Å²) in [6.45, 7) is 0. The Balaban J connectivity index is 4.91. The van der Waals surface area contributed by atoms with Crippen LogP contribution in [0.25, 0.3) is 0 Å². The number of allylic oxidation sites excluding steroid dienone is 2. The van der Waals surface area contributed by atoms with Crippen LogP contribution in [0.1, 0.15) is 25.7 Å². The Hall–Kier alpha value is -1.35. The van der Waals surface area contributed by atoms with Crippen molar-refractivity contribution in [2.75, 3.05) is 28.4 Å². The fourth-order valence-corrected chi connectivity index (χ4v) is 8.79. The van der Waals surface area contributed by atoms with Crippen molar-refractivity contribution >= 4 is 29.5 Å². The molecule has 0 bridgehead atoms. The second-order valence-electron chi connectivity index (χ2n) is 5.55. The van der Waals surface area contributed by atoms with Crippen molar-refractivity contribution in [3.63, 3.8) is 0 Å². The largest absolute Gasteiger partial charge is 0.493 e. The molecule has 9 nitrogen and oxygen atoms in total. The summed E-state index contributed by atoms with van der Waals surface area (Å²) in [6, 6.07) is 0.953. The van der Waals surface area contributed by atoms with Crippen LogP contribution in [-0.2, 0) is 31.4 Å². The fourth-order valence-electron chi connectivity index (χ4n) is 2.32. The molecule has 0 aromatic rings. The molecule has 11 heteroatoms. The maximum Gasteiger partial charge on any atom is 0.493 e. The Bertz CT molecular complexity index is 456. The highest BCUT2D eigenvalue weighted by Crippen LogP contribution is 2.27. The van der Waals surface area contributed by atoms with Crippen molar-refractivity contribution in [3.05, 3.63) is 24.3 Å². The normalized spacial score (nSPS) is 12.9. The van der Waals surface area contributed by atoms with Gasteiger partial charge in [0.2, 0.25) is 0 Å². The molecule has 27 heavy (non-hydrogen) atoms. The van der Waals surface area contributed by atoms with E-state index >= 15 is 0 Å². The number of rotatable bonds is 16. The van der Waals surface area contributed by atoms with Gasteiger partial charge in [-0.15, -0.1) is 0 Å². The van der Waals surface area contributed by atoms with E-state index in [1.54, 1.807) is 12.2 Å². The second kappa shape index (κ2) is 13.8. The highest BCUT2D eigenvalue weighted by molar-refractivity contribution is 6.74. The van der Waals surface area contributed by atoms with Gasteiger partial charge in [0.05, 0.1) is 0 Å². The van der Waals surface area contributed by atoms with Crippen LogP contribution in [0.3, 0.4) is 0 Å². The zero-order valence-electron chi connectivity index (χ0n) is 16.3. The van der Waals surface area contributed by atoms with Gasteiger partial charge in [0, 0.05) is 52.7 Å². The zero-order valence-corrected chi connectivity index (χ0v) is 18.3. The van der Waals surface area contributed by atoms with Gasteiger partial charge >= 0.3 is 29.5 Å². The molecule has 0 aliphatic carbocycles. The minimum absolute atomic E-state index is 0.477. The van der Waals surface area contributed by atoms with E-state index in [4.69, 9.17) is 32.0 Å². The van der Waals surface area contributed by atoms with Gasteiger partial charge in [0.1, 0.15) is 0 Å². The van der Waals surface area contributed by atoms with Crippen LogP contribution in [0, 0.1) is 0 Å². The third-order valence-electron chi connectivity index (χ3n) is 3.78. The molecule has 0 aromatic carbocycles. The Labute approximate surface area is 162 Å². The van der Waals surface area contributed by atoms with Crippen LogP contribution in [0.4, 0.5) is 0 Å². The molecule has 0 rings (SSSR count). The van der Waals surface area contributed by atoms with Gasteiger partial charge in [-0.3, -0.25) is 0 Å². The summed E-state index contributed by atoms with van der Waals surface area (Å²) >= 11 is 0. The van der Waals surface area contributed by atoms with E-state index in [1.165, 1.54) is 28.4 Å². The molecule has 2 N–H and O–H groups in total. The number of unbranched alkanes of at least 4 members (excludes halogenated alkanes) is 2. The highest BCUT2D eigenvalue weighted by atomic mass is 28.5. The van der Waals surface area contributed by atoms with Gasteiger partial charge in [-0.05, 0) is 25.7 Å². The number of aliphatic carboxylic acids is 2. The molecule has 0 fully saturated rings. The first kappa shape index (κ1) is 25.7. The van der Waals surface area contributed by atoms with Crippen LogP contribution in [0.2, 0.25) is 12.1 Å². The molecule has 0 aromatic heterocycles. The molecule has 0 unspecified atom stereocenters. The van der Waals surface area contributed by atoms with Crippen molar-refractivity contribution in [3.8, 4) is 0 Å². The Kier molecular flexibility index (Phi) is 13.1. The Morgan fingerprint density at radius 1 is 0.741 bits per heavy atom. The first-order valence-electron chi connectivity index (χ1n) is 8.48. The summed E-state index contributed by atoms with van der Waals surface area (Å²) in [6.07, 6.45) is 7.67. The molecule has 0 heterocycles. The average molecular weight is 423 g/mol. The predicted molar refractivity (Wildman–Crippen MR) is 102 cm³/mol. The molecular weight excluding hydrogens is 392 g/mol. The molecular formula is C16H30O9Si2. The second-order valence-corrected chi connectivity index (χ2v) is 11.7. The molecule has 0 aliphatic rings. The van der Waals surface area contributed by atoms with Crippen LogP contribution in [0.5, 0.6) is 0 Å². The molecule has 0 atom stereocenters. The van der Waals surface area contributed by atoms with Crippen LogP contribution < -0.4 is 0 Å². The van der Waals surface area contributed by atoms with E-state index in [0.29, 0.717) is 37.8 Å². The summed E-state index contributed by atoms with van der Waals surface area (Å²) in [5.74, 6) is -1.98. The molecule has 0 saturated heterocycles. The predicted octanol–water partition coefficient (Wildman–Crippen LogP) is 2.31. The first-order chi connectivity index (χ1) is 12.8. The number of carboxylic acids is 2. The third-order valence-corrected chi connectivity index (χ3v) is 10.7. The quantitative estimate of drug-likeness (QED) is 0.219. The van der Waals surface area contributed by atoms with Crippen molar-refractivity contribution in [1.82, 2.24) is 0 Å². The lowest BCUT2D eigenvalue weighted by molar-refractivity contribution is -0.132. The maximum atomic E-state index is 10.5. The molecule has 0 radical (unpaired) electrons. The van der Waals surface area contributed by atoms with Crippen LogP contribution >= 0.6 is 0 Å². The SMILES string of the molecule is CO[Si](CCCC=CC(=O)O)(OC)O[Si](CCCC=CC(=O)O)(OC)OC. The van der Waals surface area contributed by atoms with E-state index in [9.17, 15) is 9.59 Å². The molecule has 0 amide bonds. The lowest BCUT2D eigenvalue weighted by Gasteiger charge is -2.35. The number of carbonyl (C=O) groups is 2. The summed E-state index contributed by atoms with van der Waals surface area (Å²) in [5, 5.41) is 17.2. The monoisotopic (exact) mass is 422 g/mol. The van der Waals surface area contributed by atoms with Crippen molar-refractivity contribution in [1.29, 1.82) is 0 Å². The van der Waals surface area contributed by atoms with Gasteiger partial charge in [0.25, 0.3) is 0 Å². The molecule has 0 saturated carbocycles. The van der Waals surface area contributed by atoms with Gasteiger partial charge in [-0.2, -0.15) is 0 Å². The summed E-state index contributed by atoms with van der Waals surface area (Å²) in [5.41, 5.74) is 0. The first-order valence-corrected chi connectivity index (χ1v) is 12.3. The van der Waals surface area contributed by atoms with E-state index in [-0.39, 0.29) is 0 Å². The van der Waals surface area contributed by atoms with Gasteiger partial charge in [-0.25, -0.2) is 9.59 Å². The van der Waals surface area contributed by atoms with Crippen molar-refractivity contribution in [2.45, 2.75) is 37.8 Å². The van der Waals surface area contributed by atoms with Gasteiger partial charge in [0.15, 0.2) is 0 Å². The Morgan fingerprint density at radius 3 is 1.33 bits per heavy atom. The lowest BCUT2D eigenvalue weighted by Crippen LogP contribution is -2.57. The molecule has 0 spiro atoms. The maximum absolute atomic E-state index is 10.5. The number of hydrogen-bond donors (Lipinski definition) is 2. The average Bonchev–Trinajstić information content (AvgIpc) is 2.65. The summed E-state index contributed by atoms with van der Waals surface area (Å²) in [7, 11) is -0.121. The van der Waals surface area contributed by atoms with E-state index in [0.717, 1.165) is 12.2 Å². The Morgan fingerprint density at radius 2 is 1.07 bits per heavy atom. The van der Waals surface area contributed by atoms with Gasteiger partial charge in [-0.1, -0.05) is 12.2 Å². The van der Waals surface area contributed by atoms with Gasteiger partial charge < -0.3 is 32.0 Å². The smallest absolute Gasteiger partial charge is 0.478 e. The zero-order chi connectivity index (χ0) is 20.8. The van der Waals surface area contributed by atoms with E-state index < -0.39 is 29.5 Å². The highest BCUT2D eigenvalue weighted by Gasteiger charge is 2.51. The third kappa shape index (κ3) is 10.5. The standard InChI is InChI=1S/C16H30O9Si2/c1-21-26(22-2,13-9-5-7-11-15(17)18)25-27(23-3,24-4)14-10-6-8-12-16(19)20/h7-8,11-12H,5-6,9-10,13-14H2,1-4H3,(H,17,18)(H,19,20). The minimum Gasteiger partial charge on any atom is -0.478 e. The van der Waals surface area contributed by atoms with Crippen LogP contribution in [0.15, 0.2) is 24.3 Å². The van der Waals surface area contributed by atoms with Crippen LogP contribution in [-0.4, -0.2) is 68.2 Å². The van der Waals surface area contributed by atoms with Crippen molar-refractivity contribution in [2.24, 2.45) is 0 Å². The summed E-state index contributed by atoms with van der Waals surface area (Å²) in [4.78, 5) is 21.0.